The number of halogens is 4. The molecule has 5 rings (SSSR count). The second-order valence-electron chi connectivity index (χ2n) is 20.0. The fourth-order valence-electron chi connectivity index (χ4n) is 6.58. The zero-order valence-electron chi connectivity index (χ0n) is 42.1. The Balaban J connectivity index is 0.000000329. The first-order valence-corrected chi connectivity index (χ1v) is 24.8. The maximum absolute atomic E-state index is 12.6. The van der Waals surface area contributed by atoms with Crippen LogP contribution in [0.3, 0.4) is 0 Å². The Labute approximate surface area is 410 Å². The van der Waals surface area contributed by atoms with Crippen molar-refractivity contribution in [3.8, 4) is 17.2 Å². The van der Waals surface area contributed by atoms with Crippen LogP contribution in [-0.4, -0.2) is 75.5 Å². The van der Waals surface area contributed by atoms with Crippen LogP contribution >= 0.6 is 15.9 Å². The highest BCUT2D eigenvalue weighted by atomic mass is 79.9. The molecule has 0 fully saturated rings. The van der Waals surface area contributed by atoms with Crippen molar-refractivity contribution in [3.05, 3.63) is 105 Å². The maximum Gasteiger partial charge on any atom is 0.534 e. The molecule has 2 unspecified atom stereocenters. The first-order valence-electron chi connectivity index (χ1n) is 22.6. The van der Waals surface area contributed by atoms with Gasteiger partial charge in [0.25, 0.3) is 0 Å². The summed E-state index contributed by atoms with van der Waals surface area (Å²) in [5.74, 6) is 1.68. The number of hydrogen-bond donors (Lipinski definition) is 3. The number of amides is 2. The summed E-state index contributed by atoms with van der Waals surface area (Å²) < 4.78 is 75.1. The van der Waals surface area contributed by atoms with Gasteiger partial charge < -0.3 is 29.0 Å². The molecule has 2 aliphatic rings. The van der Waals surface area contributed by atoms with Crippen molar-refractivity contribution < 1.29 is 60.2 Å². The molecule has 17 heteroatoms. The van der Waals surface area contributed by atoms with E-state index < -0.39 is 38.8 Å². The summed E-state index contributed by atoms with van der Waals surface area (Å²) in [6.07, 6.45) is 3.13. The number of phenolic OH excluding ortho intramolecular Hbond substituents is 3. The van der Waals surface area contributed by atoms with Crippen LogP contribution in [0.2, 0.25) is 0 Å². The Morgan fingerprint density at radius 3 is 1.51 bits per heavy atom. The lowest BCUT2D eigenvalue weighted by Gasteiger charge is -2.34. The summed E-state index contributed by atoms with van der Waals surface area (Å²) in [7, 11) is -5.84. The van der Waals surface area contributed by atoms with Gasteiger partial charge in [-0.1, -0.05) is 95.1 Å². The van der Waals surface area contributed by atoms with Crippen LogP contribution in [0.5, 0.6) is 17.2 Å². The number of hydrogen-bond acceptors (Lipinski definition) is 10. The van der Waals surface area contributed by atoms with Crippen LogP contribution in [0.4, 0.5) is 22.8 Å². The molecule has 2 aliphatic heterocycles. The fourth-order valence-corrected chi connectivity index (χ4v) is 7.44. The minimum absolute atomic E-state index is 0.00583. The van der Waals surface area contributed by atoms with Crippen molar-refractivity contribution in [2.24, 2.45) is 11.8 Å². The molecule has 2 atom stereocenters. The number of ether oxygens (including phenoxy) is 2. The molecule has 2 amide bonds. The number of rotatable bonds is 6. The molecule has 0 radical (unpaired) electrons. The van der Waals surface area contributed by atoms with Crippen LogP contribution in [0.1, 0.15) is 155 Å². The summed E-state index contributed by atoms with van der Waals surface area (Å²) in [6, 6.07) is 16.7. The number of alkyl halides is 3. The van der Waals surface area contributed by atoms with Crippen LogP contribution in [-0.2, 0) is 23.8 Å². The van der Waals surface area contributed by atoms with Crippen LogP contribution < -0.4 is 0 Å². The fraction of sp³-hybridized carbons (Fsp3) is 0.529. The predicted octanol–water partition coefficient (Wildman–Crippen LogP) is 14.2. The number of aromatic hydroxyl groups is 3. The van der Waals surface area contributed by atoms with Crippen LogP contribution in [0, 0.1) is 18.8 Å². The maximum atomic E-state index is 12.6. The third-order valence-corrected chi connectivity index (χ3v) is 11.5. The van der Waals surface area contributed by atoms with Gasteiger partial charge in [-0.25, -0.2) is 14.5 Å². The number of nitrogens with zero attached hydrogens (tertiary/aromatic N) is 2. The van der Waals surface area contributed by atoms with Crippen molar-refractivity contribution >= 4 is 43.9 Å². The molecule has 0 saturated carbocycles. The Morgan fingerprint density at radius 2 is 1.07 bits per heavy atom. The summed E-state index contributed by atoms with van der Waals surface area (Å²) in [4.78, 5) is 27.1. The van der Waals surface area contributed by atoms with E-state index in [1.165, 1.54) is 5.56 Å². The van der Waals surface area contributed by atoms with E-state index in [4.69, 9.17) is 9.47 Å². The second-order valence-corrected chi connectivity index (χ2v) is 22.4. The molecular formula is C51H72BrF3N2O10S. The minimum atomic E-state index is -5.84. The lowest BCUT2D eigenvalue weighted by atomic mass is 9.94. The van der Waals surface area contributed by atoms with E-state index >= 15 is 0 Å². The van der Waals surface area contributed by atoms with Crippen molar-refractivity contribution in [2.75, 3.05) is 13.1 Å². The Kier molecular flexibility index (Phi) is 21.4. The van der Waals surface area contributed by atoms with E-state index in [1.54, 1.807) is 50.8 Å². The molecule has 0 bridgehead atoms. The van der Waals surface area contributed by atoms with Gasteiger partial charge in [0.15, 0.2) is 0 Å². The third-order valence-electron chi connectivity index (χ3n) is 10.0. The van der Waals surface area contributed by atoms with E-state index in [1.807, 2.05) is 77.9 Å². The molecule has 68 heavy (non-hydrogen) atoms. The summed E-state index contributed by atoms with van der Waals surface area (Å²) in [5.41, 5.74) is -1.08. The van der Waals surface area contributed by atoms with E-state index in [9.17, 15) is 46.5 Å². The lowest BCUT2D eigenvalue weighted by molar-refractivity contribution is -0.0546. The molecule has 0 spiro atoms. The van der Waals surface area contributed by atoms with Gasteiger partial charge in [-0.2, -0.15) is 21.6 Å². The molecule has 3 N–H and O–H groups in total. The Morgan fingerprint density at radius 1 is 0.662 bits per heavy atom. The van der Waals surface area contributed by atoms with Crippen molar-refractivity contribution in [3.63, 3.8) is 0 Å². The zero-order chi connectivity index (χ0) is 52.3. The first kappa shape index (κ1) is 59.2. The monoisotopic (exact) mass is 1040 g/mol. The molecule has 380 valence electrons. The van der Waals surface area contributed by atoms with E-state index in [2.05, 4.69) is 60.8 Å². The van der Waals surface area contributed by atoms with E-state index in [0.29, 0.717) is 41.5 Å². The molecular weight excluding hydrogens is 970 g/mol. The highest BCUT2D eigenvalue weighted by molar-refractivity contribution is 9.10. The van der Waals surface area contributed by atoms with Gasteiger partial charge in [0.2, 0.25) is 5.88 Å². The van der Waals surface area contributed by atoms with Gasteiger partial charge in [-0.05, 0) is 162 Å². The number of allylic oxidation sites excluding steroid dienone is 2. The average Bonchev–Trinajstić information content (AvgIpc) is 3.19. The van der Waals surface area contributed by atoms with Gasteiger partial charge in [0.1, 0.15) is 28.5 Å². The first-order chi connectivity index (χ1) is 31.0. The number of aryl methyl sites for hydroxylation is 1. The standard InChI is InChI=1S/C20H29NO3.C12H18F3NO5S.C10H14O.C9H11BrO/c1-13(2)16-11-15(8-10-18(16)22)17-9-7-14(3)12-21(17)19(23)24-20(4,5)6;1-8-5-6-9(21-22(18,19)12(13,14)15)16(7-8)10(17)20-11(2,3)4;1-7(2)9-6-8(3)4-5-10(9)11;1-6(2)8-5-7(10)3-4-9(8)11/h8-11,13-14,22H,7,12H2,1-6H3;6,8H,5,7H2,1-4H3;4-7,11H,1-3H3;3-6,11H,1-2H3. The number of benzene rings is 3. The molecule has 2 heterocycles. The summed E-state index contributed by atoms with van der Waals surface area (Å²) >= 11 is 3.35. The predicted molar refractivity (Wildman–Crippen MR) is 265 cm³/mol. The Hall–Kier alpha value is -4.90. The molecule has 0 saturated heterocycles. The number of carbonyl (C=O) groups is 2. The van der Waals surface area contributed by atoms with Gasteiger partial charge in [-0.15, -0.1) is 0 Å². The van der Waals surface area contributed by atoms with Gasteiger partial charge in [0.05, 0.1) is 5.70 Å². The van der Waals surface area contributed by atoms with Gasteiger partial charge in [-0.3, -0.25) is 4.90 Å². The summed E-state index contributed by atoms with van der Waals surface area (Å²) in [6.45, 7) is 29.3. The van der Waals surface area contributed by atoms with Crippen molar-refractivity contribution in [2.45, 2.75) is 151 Å². The molecule has 3 aromatic rings. The number of carbonyl (C=O) groups excluding carboxylic acids is 2. The third kappa shape index (κ3) is 18.9. The topological polar surface area (TPSA) is 163 Å². The Bertz CT molecular complexity index is 2300. The van der Waals surface area contributed by atoms with Crippen LogP contribution in [0.25, 0.3) is 5.70 Å². The zero-order valence-corrected chi connectivity index (χ0v) is 44.5. The lowest BCUT2D eigenvalue weighted by Crippen LogP contribution is -2.42. The summed E-state index contributed by atoms with van der Waals surface area (Å²) in [5, 5.41) is 28.8. The van der Waals surface area contributed by atoms with E-state index in [-0.39, 0.29) is 30.9 Å². The number of phenols is 3. The average molecular weight is 1040 g/mol. The molecule has 12 nitrogen and oxygen atoms in total. The van der Waals surface area contributed by atoms with E-state index in [0.717, 1.165) is 49.8 Å². The van der Waals surface area contributed by atoms with Gasteiger partial charge >= 0.3 is 27.8 Å². The largest absolute Gasteiger partial charge is 0.534 e. The second kappa shape index (κ2) is 24.6. The normalized spacial score (nSPS) is 16.6. The SMILES string of the molecule is CC(C)c1cc(Br)ccc1O.CC1CC=C(OS(=O)(=O)C(F)(F)F)N(C(=O)OC(C)(C)C)C1.CC1CC=C(c2ccc(O)c(C(C)C)c2)N(C(=O)OC(C)(C)C)C1.Cc1ccc(O)c(C(C)C)c1. The molecule has 3 aromatic carbocycles. The quantitative estimate of drug-likeness (QED) is 0.160. The molecule has 0 aromatic heterocycles. The van der Waals surface area contributed by atoms with Crippen molar-refractivity contribution in [1.82, 2.24) is 9.80 Å². The highest BCUT2D eigenvalue weighted by Crippen LogP contribution is 2.35. The van der Waals surface area contributed by atoms with Crippen LogP contribution in [0.15, 0.2) is 77.1 Å². The highest BCUT2D eigenvalue weighted by Gasteiger charge is 2.50. The van der Waals surface area contributed by atoms with Crippen molar-refractivity contribution in [1.29, 1.82) is 0 Å². The van der Waals surface area contributed by atoms with Gasteiger partial charge in [0, 0.05) is 17.6 Å². The minimum Gasteiger partial charge on any atom is -0.508 e. The molecule has 0 aliphatic carbocycles. The smallest absolute Gasteiger partial charge is 0.508 e.